The third-order valence-electron chi connectivity index (χ3n) is 5.95. The Labute approximate surface area is 161 Å². The monoisotopic (exact) mass is 367 g/mol. The summed E-state index contributed by atoms with van der Waals surface area (Å²) in [5.41, 5.74) is 1.70. The first-order chi connectivity index (χ1) is 13.2. The van der Waals surface area contributed by atoms with Gasteiger partial charge in [-0.25, -0.2) is 0 Å². The normalized spacial score (nSPS) is 22.6. The molecular formula is C22H29N3O2. The summed E-state index contributed by atoms with van der Waals surface area (Å²) in [6.45, 7) is 4.50. The molecule has 2 saturated heterocycles. The van der Waals surface area contributed by atoms with Crippen LogP contribution in [0.3, 0.4) is 0 Å². The number of carbonyl (C=O) groups excluding carboxylic acids is 1. The smallest absolute Gasteiger partial charge is 0.251 e. The van der Waals surface area contributed by atoms with Gasteiger partial charge in [-0.2, -0.15) is 0 Å². The van der Waals surface area contributed by atoms with E-state index in [1.165, 1.54) is 32.5 Å². The molecule has 1 aromatic carbocycles. The number of nitrogens with one attached hydrogen (secondary N) is 1. The maximum absolute atomic E-state index is 12.7. The second-order valence-corrected chi connectivity index (χ2v) is 7.90. The molecule has 1 atom stereocenters. The fourth-order valence-electron chi connectivity index (χ4n) is 4.31. The summed E-state index contributed by atoms with van der Waals surface area (Å²) in [5.74, 6) is 0.847. The zero-order chi connectivity index (χ0) is 18.6. The lowest BCUT2D eigenvalue weighted by Gasteiger charge is -2.41. The van der Waals surface area contributed by atoms with Crippen LogP contribution in [0.1, 0.15) is 36.0 Å². The van der Waals surface area contributed by atoms with Crippen LogP contribution in [-0.2, 0) is 0 Å². The van der Waals surface area contributed by atoms with E-state index >= 15 is 0 Å². The van der Waals surface area contributed by atoms with Crippen molar-refractivity contribution in [3.8, 4) is 11.3 Å². The lowest BCUT2D eigenvalue weighted by Crippen LogP contribution is -2.53. The van der Waals surface area contributed by atoms with Crippen LogP contribution in [0.5, 0.6) is 0 Å². The zero-order valence-electron chi connectivity index (χ0n) is 16.1. The first-order valence-electron chi connectivity index (χ1n) is 10.1. The zero-order valence-corrected chi connectivity index (χ0v) is 16.1. The maximum atomic E-state index is 12.7. The van der Waals surface area contributed by atoms with Crippen molar-refractivity contribution in [2.45, 2.75) is 37.8 Å². The molecule has 3 heterocycles. The van der Waals surface area contributed by atoms with Gasteiger partial charge in [-0.1, -0.05) is 12.1 Å². The fourth-order valence-corrected chi connectivity index (χ4v) is 4.31. The number of rotatable bonds is 4. The van der Waals surface area contributed by atoms with Gasteiger partial charge < -0.3 is 14.6 Å². The number of hydrogen-bond acceptors (Lipinski definition) is 4. The molecule has 27 heavy (non-hydrogen) atoms. The van der Waals surface area contributed by atoms with Crippen molar-refractivity contribution in [3.63, 3.8) is 0 Å². The predicted molar refractivity (Wildman–Crippen MR) is 107 cm³/mol. The molecule has 4 rings (SSSR count). The molecule has 2 aliphatic heterocycles. The number of likely N-dealkylation sites (tertiary alicyclic amines) is 2. The SMILES string of the molecule is CN1CCC(N2CCCC(NC(=O)c3ccc(-c4ccco4)cc3)C2)CC1. The fraction of sp³-hybridized carbons (Fsp3) is 0.500. The minimum atomic E-state index is 0.0243. The van der Waals surface area contributed by atoms with E-state index in [4.69, 9.17) is 4.42 Å². The minimum absolute atomic E-state index is 0.0243. The Bertz CT molecular complexity index is 733. The molecule has 2 fully saturated rings. The molecule has 5 heteroatoms. The number of amides is 1. The summed E-state index contributed by atoms with van der Waals surface area (Å²) in [6, 6.07) is 12.4. The second kappa shape index (κ2) is 8.28. The Kier molecular flexibility index (Phi) is 5.60. The lowest BCUT2D eigenvalue weighted by molar-refractivity contribution is 0.0766. The number of piperidine rings is 2. The molecule has 0 saturated carbocycles. The summed E-state index contributed by atoms with van der Waals surface area (Å²) in [7, 11) is 2.20. The molecular weight excluding hydrogens is 338 g/mol. The second-order valence-electron chi connectivity index (χ2n) is 7.90. The topological polar surface area (TPSA) is 48.7 Å². The number of benzene rings is 1. The molecule has 5 nitrogen and oxygen atoms in total. The van der Waals surface area contributed by atoms with Crippen LogP contribution in [0.15, 0.2) is 47.1 Å². The Morgan fingerprint density at radius 1 is 1.07 bits per heavy atom. The van der Waals surface area contributed by atoms with Crippen molar-refractivity contribution >= 4 is 5.91 Å². The third kappa shape index (κ3) is 4.42. The Morgan fingerprint density at radius 2 is 1.85 bits per heavy atom. The largest absolute Gasteiger partial charge is 0.464 e. The van der Waals surface area contributed by atoms with E-state index in [0.29, 0.717) is 11.6 Å². The minimum Gasteiger partial charge on any atom is -0.464 e. The van der Waals surface area contributed by atoms with E-state index in [1.807, 2.05) is 36.4 Å². The first kappa shape index (κ1) is 18.3. The van der Waals surface area contributed by atoms with Gasteiger partial charge in [0.05, 0.1) is 6.26 Å². The lowest BCUT2D eigenvalue weighted by atomic mass is 9.98. The summed E-state index contributed by atoms with van der Waals surface area (Å²) in [5, 5.41) is 3.25. The molecule has 1 unspecified atom stereocenters. The number of carbonyl (C=O) groups is 1. The van der Waals surface area contributed by atoms with Gasteiger partial charge in [-0.05, 0) is 76.6 Å². The summed E-state index contributed by atoms with van der Waals surface area (Å²) in [6.07, 6.45) is 6.38. The first-order valence-corrected chi connectivity index (χ1v) is 10.1. The number of furan rings is 1. The van der Waals surface area contributed by atoms with Gasteiger partial charge in [0.15, 0.2) is 0 Å². The molecule has 2 aliphatic rings. The average molecular weight is 367 g/mol. The molecule has 1 amide bonds. The highest BCUT2D eigenvalue weighted by Crippen LogP contribution is 2.22. The molecule has 1 aromatic heterocycles. The van der Waals surface area contributed by atoms with Crippen LogP contribution in [0, 0.1) is 0 Å². The molecule has 2 aromatic rings. The van der Waals surface area contributed by atoms with Crippen molar-refractivity contribution < 1.29 is 9.21 Å². The number of hydrogen-bond donors (Lipinski definition) is 1. The standard InChI is InChI=1S/C22H29N3O2/c1-24-13-10-20(11-14-24)25-12-2-4-19(16-25)23-22(26)18-8-6-17(7-9-18)21-5-3-15-27-21/h3,5-9,15,19-20H,2,4,10-14,16H2,1H3,(H,23,26). The van der Waals surface area contributed by atoms with Crippen molar-refractivity contribution in [3.05, 3.63) is 48.2 Å². The summed E-state index contributed by atoms with van der Waals surface area (Å²) in [4.78, 5) is 17.7. The quantitative estimate of drug-likeness (QED) is 0.901. The van der Waals surface area contributed by atoms with Gasteiger partial charge in [0, 0.05) is 29.8 Å². The highest BCUT2D eigenvalue weighted by atomic mass is 16.3. The van der Waals surface area contributed by atoms with Crippen molar-refractivity contribution in [2.75, 3.05) is 33.2 Å². The van der Waals surface area contributed by atoms with Gasteiger partial charge in [0.1, 0.15) is 5.76 Å². The van der Waals surface area contributed by atoms with Crippen molar-refractivity contribution in [1.29, 1.82) is 0 Å². The molecule has 0 bridgehead atoms. The van der Waals surface area contributed by atoms with Crippen LogP contribution in [0.25, 0.3) is 11.3 Å². The summed E-state index contributed by atoms with van der Waals surface area (Å²) < 4.78 is 5.41. The Hall–Kier alpha value is -2.11. The average Bonchev–Trinajstić information content (AvgIpc) is 3.24. The van der Waals surface area contributed by atoms with Gasteiger partial charge in [0.25, 0.3) is 5.91 Å². The summed E-state index contributed by atoms with van der Waals surface area (Å²) >= 11 is 0. The van der Waals surface area contributed by atoms with Crippen LogP contribution < -0.4 is 5.32 Å². The predicted octanol–water partition coefficient (Wildman–Crippen LogP) is 3.24. The maximum Gasteiger partial charge on any atom is 0.251 e. The molecule has 0 radical (unpaired) electrons. The highest BCUT2D eigenvalue weighted by molar-refractivity contribution is 5.94. The number of nitrogens with zero attached hydrogens (tertiary/aromatic N) is 2. The van der Waals surface area contributed by atoms with Crippen molar-refractivity contribution in [2.24, 2.45) is 0 Å². The molecule has 144 valence electrons. The highest BCUT2D eigenvalue weighted by Gasteiger charge is 2.28. The van der Waals surface area contributed by atoms with Gasteiger partial charge in [0.2, 0.25) is 0 Å². The molecule has 0 spiro atoms. The van der Waals surface area contributed by atoms with Crippen LogP contribution >= 0.6 is 0 Å². The van der Waals surface area contributed by atoms with Crippen LogP contribution in [0.4, 0.5) is 0 Å². The van der Waals surface area contributed by atoms with E-state index in [9.17, 15) is 4.79 Å². The van der Waals surface area contributed by atoms with E-state index in [-0.39, 0.29) is 11.9 Å². The van der Waals surface area contributed by atoms with E-state index in [1.54, 1.807) is 6.26 Å². The molecule has 0 aliphatic carbocycles. The van der Waals surface area contributed by atoms with E-state index in [2.05, 4.69) is 22.2 Å². The van der Waals surface area contributed by atoms with Gasteiger partial charge in [-0.15, -0.1) is 0 Å². The molecule has 1 N–H and O–H groups in total. The van der Waals surface area contributed by atoms with E-state index < -0.39 is 0 Å². The Morgan fingerprint density at radius 3 is 2.56 bits per heavy atom. The van der Waals surface area contributed by atoms with Gasteiger partial charge in [-0.3, -0.25) is 9.69 Å². The van der Waals surface area contributed by atoms with Crippen LogP contribution in [0.2, 0.25) is 0 Å². The van der Waals surface area contributed by atoms with Crippen LogP contribution in [-0.4, -0.2) is 61.0 Å². The van der Waals surface area contributed by atoms with Crippen molar-refractivity contribution in [1.82, 2.24) is 15.1 Å². The van der Waals surface area contributed by atoms with E-state index in [0.717, 1.165) is 30.7 Å². The third-order valence-corrected chi connectivity index (χ3v) is 5.95. The Balaban J connectivity index is 1.33. The van der Waals surface area contributed by atoms with Gasteiger partial charge >= 0.3 is 0 Å².